The zero-order chi connectivity index (χ0) is 18.6. The van der Waals surface area contributed by atoms with Gasteiger partial charge in [-0.1, -0.05) is 24.3 Å². The predicted octanol–water partition coefficient (Wildman–Crippen LogP) is 4.25. The third-order valence-electron chi connectivity index (χ3n) is 3.35. The Morgan fingerprint density at radius 1 is 0.923 bits per heavy atom. The van der Waals surface area contributed by atoms with E-state index in [1.807, 2.05) is 6.07 Å². The molecule has 2 N–H and O–H groups in total. The van der Waals surface area contributed by atoms with Crippen molar-refractivity contribution in [1.29, 1.82) is 5.26 Å². The van der Waals surface area contributed by atoms with Crippen molar-refractivity contribution in [2.75, 3.05) is 10.6 Å². The summed E-state index contributed by atoms with van der Waals surface area (Å²) in [5, 5.41) is 21.9. The fourth-order valence-electron chi connectivity index (χ4n) is 2.20. The van der Waals surface area contributed by atoms with Gasteiger partial charge in [0.05, 0.1) is 28.7 Å². The summed E-state index contributed by atoms with van der Waals surface area (Å²) in [5.41, 5.74) is -0.131. The van der Waals surface area contributed by atoms with Crippen LogP contribution in [-0.2, 0) is 6.18 Å². The van der Waals surface area contributed by atoms with E-state index in [2.05, 4.69) is 25.8 Å². The van der Waals surface area contributed by atoms with Crippen molar-refractivity contribution >= 4 is 23.1 Å². The van der Waals surface area contributed by atoms with Crippen LogP contribution in [0.25, 0.3) is 0 Å². The molecule has 26 heavy (non-hydrogen) atoms. The summed E-state index contributed by atoms with van der Waals surface area (Å²) >= 11 is 0. The van der Waals surface area contributed by atoms with Crippen LogP contribution in [0.15, 0.2) is 54.7 Å². The lowest BCUT2D eigenvalue weighted by Crippen LogP contribution is -2.10. The first kappa shape index (κ1) is 17.2. The van der Waals surface area contributed by atoms with E-state index in [0.717, 1.165) is 6.07 Å². The monoisotopic (exact) mass is 356 g/mol. The van der Waals surface area contributed by atoms with Crippen molar-refractivity contribution in [2.45, 2.75) is 6.18 Å². The Kier molecular flexibility index (Phi) is 4.66. The molecule has 2 aromatic carbocycles. The molecule has 0 radical (unpaired) electrons. The van der Waals surface area contributed by atoms with Crippen LogP contribution >= 0.6 is 0 Å². The maximum Gasteiger partial charge on any atom is 0.418 e. The van der Waals surface area contributed by atoms with Crippen molar-refractivity contribution in [3.05, 3.63) is 65.9 Å². The average Bonchev–Trinajstić information content (AvgIpc) is 2.62. The molecular weight excluding hydrogens is 345 g/mol. The first-order valence-electron chi connectivity index (χ1n) is 7.36. The molecule has 1 heterocycles. The molecule has 0 atom stereocenters. The first-order chi connectivity index (χ1) is 12.5. The number of para-hydroxylation sites is 2. The van der Waals surface area contributed by atoms with E-state index in [4.69, 9.17) is 5.26 Å². The van der Waals surface area contributed by atoms with Gasteiger partial charge >= 0.3 is 6.18 Å². The number of nitriles is 1. The second-order valence-electron chi connectivity index (χ2n) is 5.12. The lowest BCUT2D eigenvalue weighted by molar-refractivity contribution is -0.136. The van der Waals surface area contributed by atoms with Gasteiger partial charge in [-0.15, -0.1) is 5.10 Å². The van der Waals surface area contributed by atoms with E-state index in [9.17, 15) is 13.2 Å². The fraction of sp³-hybridized carbons (Fsp3) is 0.0588. The molecule has 0 aliphatic heterocycles. The van der Waals surface area contributed by atoms with Crippen LogP contribution < -0.4 is 10.6 Å². The SMILES string of the molecule is N#Cc1ccccc1Nc1cnnc(Nc2ccccc2C(F)(F)F)n1. The number of anilines is 4. The molecule has 9 heteroatoms. The average molecular weight is 356 g/mol. The topological polar surface area (TPSA) is 86.5 Å². The molecule has 0 bridgehead atoms. The van der Waals surface area contributed by atoms with Crippen molar-refractivity contribution in [2.24, 2.45) is 0 Å². The Bertz CT molecular complexity index is 965. The Hall–Kier alpha value is -3.67. The lowest BCUT2D eigenvalue weighted by Gasteiger charge is -2.13. The van der Waals surface area contributed by atoms with Crippen LogP contribution in [-0.4, -0.2) is 15.2 Å². The Balaban J connectivity index is 1.86. The highest BCUT2D eigenvalue weighted by atomic mass is 19.4. The van der Waals surface area contributed by atoms with Gasteiger partial charge in [0.2, 0.25) is 5.95 Å². The molecular formula is C17H11F3N6. The highest BCUT2D eigenvalue weighted by Gasteiger charge is 2.33. The van der Waals surface area contributed by atoms with Crippen LogP contribution in [0, 0.1) is 11.3 Å². The molecule has 0 amide bonds. The van der Waals surface area contributed by atoms with Crippen LogP contribution in [0.4, 0.5) is 36.3 Å². The summed E-state index contributed by atoms with van der Waals surface area (Å²) in [7, 11) is 0. The third-order valence-corrected chi connectivity index (χ3v) is 3.35. The van der Waals surface area contributed by atoms with Gasteiger partial charge < -0.3 is 10.6 Å². The number of alkyl halides is 3. The first-order valence-corrected chi connectivity index (χ1v) is 7.36. The van der Waals surface area contributed by atoms with Crippen molar-refractivity contribution < 1.29 is 13.2 Å². The summed E-state index contributed by atoms with van der Waals surface area (Å²) in [4.78, 5) is 4.09. The van der Waals surface area contributed by atoms with Gasteiger partial charge in [-0.25, -0.2) is 0 Å². The predicted molar refractivity (Wildman–Crippen MR) is 89.0 cm³/mol. The zero-order valence-electron chi connectivity index (χ0n) is 13.1. The number of hydrogen-bond acceptors (Lipinski definition) is 6. The number of rotatable bonds is 4. The van der Waals surface area contributed by atoms with E-state index >= 15 is 0 Å². The third kappa shape index (κ3) is 3.87. The maximum atomic E-state index is 13.1. The number of nitrogens with zero attached hydrogens (tertiary/aromatic N) is 4. The zero-order valence-corrected chi connectivity index (χ0v) is 13.1. The quantitative estimate of drug-likeness (QED) is 0.727. The fourth-order valence-corrected chi connectivity index (χ4v) is 2.20. The van der Waals surface area contributed by atoms with E-state index in [1.54, 1.807) is 24.3 Å². The van der Waals surface area contributed by atoms with Gasteiger partial charge in [0.1, 0.15) is 6.07 Å². The molecule has 3 aromatic rings. The summed E-state index contributed by atoms with van der Waals surface area (Å²) in [6.45, 7) is 0. The van der Waals surface area contributed by atoms with Crippen LogP contribution in [0.3, 0.4) is 0 Å². The molecule has 0 spiro atoms. The number of benzene rings is 2. The molecule has 0 saturated carbocycles. The summed E-state index contributed by atoms with van der Waals surface area (Å²) in [6, 6.07) is 13.8. The minimum Gasteiger partial charge on any atom is -0.338 e. The molecule has 0 aliphatic rings. The second-order valence-corrected chi connectivity index (χ2v) is 5.12. The molecule has 0 unspecified atom stereocenters. The normalized spacial score (nSPS) is 10.8. The number of nitrogens with one attached hydrogen (secondary N) is 2. The van der Waals surface area contributed by atoms with Crippen LogP contribution in [0.1, 0.15) is 11.1 Å². The van der Waals surface area contributed by atoms with Gasteiger partial charge in [0, 0.05) is 0 Å². The largest absolute Gasteiger partial charge is 0.418 e. The Morgan fingerprint density at radius 3 is 2.35 bits per heavy atom. The number of hydrogen-bond donors (Lipinski definition) is 2. The van der Waals surface area contributed by atoms with E-state index < -0.39 is 11.7 Å². The molecule has 6 nitrogen and oxygen atoms in total. The van der Waals surface area contributed by atoms with E-state index in [-0.39, 0.29) is 17.5 Å². The van der Waals surface area contributed by atoms with Crippen molar-refractivity contribution in [3.63, 3.8) is 0 Å². The highest BCUT2D eigenvalue weighted by molar-refractivity contribution is 5.65. The summed E-state index contributed by atoms with van der Waals surface area (Å²) < 4.78 is 39.2. The Morgan fingerprint density at radius 2 is 1.62 bits per heavy atom. The smallest absolute Gasteiger partial charge is 0.338 e. The van der Waals surface area contributed by atoms with E-state index in [1.165, 1.54) is 24.4 Å². The summed E-state index contributed by atoms with van der Waals surface area (Å²) in [6.07, 6.45) is -3.21. The van der Waals surface area contributed by atoms with E-state index in [0.29, 0.717) is 11.3 Å². The molecule has 1 aromatic heterocycles. The van der Waals surface area contributed by atoms with Crippen molar-refractivity contribution in [1.82, 2.24) is 15.2 Å². The Labute approximate surface area is 146 Å². The number of halogens is 3. The minimum atomic E-state index is -4.52. The van der Waals surface area contributed by atoms with Gasteiger partial charge in [-0.2, -0.15) is 28.5 Å². The maximum absolute atomic E-state index is 13.1. The molecule has 3 rings (SSSR count). The molecule has 130 valence electrons. The van der Waals surface area contributed by atoms with Crippen LogP contribution in [0.5, 0.6) is 0 Å². The van der Waals surface area contributed by atoms with Crippen LogP contribution in [0.2, 0.25) is 0 Å². The number of aromatic nitrogens is 3. The molecule has 0 saturated heterocycles. The van der Waals surface area contributed by atoms with Gasteiger partial charge in [0.15, 0.2) is 5.82 Å². The second kappa shape index (κ2) is 7.06. The highest BCUT2D eigenvalue weighted by Crippen LogP contribution is 2.35. The lowest BCUT2D eigenvalue weighted by atomic mass is 10.1. The van der Waals surface area contributed by atoms with Gasteiger partial charge in [-0.3, -0.25) is 0 Å². The van der Waals surface area contributed by atoms with Gasteiger partial charge in [-0.05, 0) is 24.3 Å². The minimum absolute atomic E-state index is 0.110. The molecule has 0 aliphatic carbocycles. The molecule has 0 fully saturated rings. The van der Waals surface area contributed by atoms with Crippen molar-refractivity contribution in [3.8, 4) is 6.07 Å². The standard InChI is InChI=1S/C17H11F3N6/c18-17(19,20)12-6-2-4-8-14(12)24-16-25-15(10-22-26-16)23-13-7-3-1-5-11(13)9-21/h1-8,10H,(H2,23,24,25,26). The van der Waals surface area contributed by atoms with Gasteiger partial charge in [0.25, 0.3) is 0 Å². The summed E-state index contributed by atoms with van der Waals surface area (Å²) in [5.74, 6) is 0.121.